The third-order valence-corrected chi connectivity index (χ3v) is 3.62. The first-order chi connectivity index (χ1) is 8.69. The predicted molar refractivity (Wildman–Crippen MR) is 68.9 cm³/mol. The van der Waals surface area contributed by atoms with Gasteiger partial charge in [0.1, 0.15) is 0 Å². The van der Waals surface area contributed by atoms with Crippen molar-refractivity contribution in [2.24, 2.45) is 5.92 Å². The summed E-state index contributed by atoms with van der Waals surface area (Å²) in [6.07, 6.45) is 6.17. The molecule has 98 valence electrons. The van der Waals surface area contributed by atoms with Crippen LogP contribution in [0.15, 0.2) is 24.5 Å². The number of carbonyl (C=O) groups is 1. The number of pyridine rings is 1. The topological polar surface area (TPSA) is 62.2 Å². The Morgan fingerprint density at radius 1 is 1.50 bits per heavy atom. The number of hydrogen-bond donors (Lipinski definition) is 2. The molecule has 0 spiro atoms. The first-order valence-corrected chi connectivity index (χ1v) is 6.55. The van der Waals surface area contributed by atoms with Crippen LogP contribution in [0.25, 0.3) is 0 Å². The van der Waals surface area contributed by atoms with Gasteiger partial charge in [-0.15, -0.1) is 0 Å². The van der Waals surface area contributed by atoms with Gasteiger partial charge in [0.05, 0.1) is 12.5 Å². The van der Waals surface area contributed by atoms with Gasteiger partial charge >= 0.3 is 0 Å². The van der Waals surface area contributed by atoms with E-state index in [0.717, 1.165) is 24.8 Å². The lowest BCUT2D eigenvalue weighted by Gasteiger charge is -2.37. The van der Waals surface area contributed by atoms with Gasteiger partial charge in [-0.25, -0.2) is 0 Å². The highest BCUT2D eigenvalue weighted by molar-refractivity contribution is 5.78. The summed E-state index contributed by atoms with van der Waals surface area (Å²) in [7, 11) is 0. The van der Waals surface area contributed by atoms with Gasteiger partial charge in [-0.3, -0.25) is 9.78 Å². The van der Waals surface area contributed by atoms with Crippen molar-refractivity contribution in [1.29, 1.82) is 0 Å². The zero-order valence-corrected chi connectivity index (χ0v) is 10.7. The third kappa shape index (κ3) is 3.29. The number of amides is 1. The summed E-state index contributed by atoms with van der Waals surface area (Å²) in [6, 6.07) is 3.91. The highest BCUT2D eigenvalue weighted by atomic mass is 16.3. The molecule has 4 heteroatoms. The summed E-state index contributed by atoms with van der Waals surface area (Å²) < 4.78 is 0. The minimum absolute atomic E-state index is 0.0504. The monoisotopic (exact) mass is 248 g/mol. The maximum Gasteiger partial charge on any atom is 0.224 e. The molecule has 1 unspecified atom stereocenters. The highest BCUT2D eigenvalue weighted by Gasteiger charge is 2.33. The lowest BCUT2D eigenvalue weighted by molar-refractivity contribution is -0.122. The number of rotatable bonds is 5. The van der Waals surface area contributed by atoms with E-state index in [2.05, 4.69) is 17.2 Å². The number of aliphatic hydroxyl groups excluding tert-OH is 1. The average Bonchev–Trinajstić information content (AvgIpc) is 2.34. The van der Waals surface area contributed by atoms with Crippen LogP contribution < -0.4 is 5.32 Å². The Balaban J connectivity index is 1.82. The van der Waals surface area contributed by atoms with E-state index in [1.165, 1.54) is 0 Å². The molecule has 1 saturated carbocycles. The molecule has 0 aliphatic heterocycles. The SMILES string of the molecule is CCC(NC(=O)Cc1ccncc1)C1CC(O)C1. The van der Waals surface area contributed by atoms with Gasteiger partial charge in [0.15, 0.2) is 0 Å². The molecule has 0 bridgehead atoms. The second-order valence-corrected chi connectivity index (χ2v) is 5.00. The molecule has 4 nitrogen and oxygen atoms in total. The van der Waals surface area contributed by atoms with Crippen LogP contribution in [-0.2, 0) is 11.2 Å². The molecular formula is C14H20N2O2. The van der Waals surface area contributed by atoms with Crippen LogP contribution in [0.1, 0.15) is 31.7 Å². The van der Waals surface area contributed by atoms with Crippen LogP contribution in [-0.4, -0.2) is 28.1 Å². The fourth-order valence-corrected chi connectivity index (χ4v) is 2.46. The van der Waals surface area contributed by atoms with Gasteiger partial charge in [0.2, 0.25) is 5.91 Å². The molecule has 0 radical (unpaired) electrons. The van der Waals surface area contributed by atoms with Crippen molar-refractivity contribution in [3.63, 3.8) is 0 Å². The lowest BCUT2D eigenvalue weighted by atomic mass is 9.76. The molecule has 1 heterocycles. The summed E-state index contributed by atoms with van der Waals surface area (Å²) in [6.45, 7) is 2.07. The Labute approximate surface area is 107 Å². The average molecular weight is 248 g/mol. The number of carbonyl (C=O) groups excluding carboxylic acids is 1. The molecule has 2 rings (SSSR count). The minimum Gasteiger partial charge on any atom is -0.393 e. The number of hydrogen-bond acceptors (Lipinski definition) is 3. The molecular weight excluding hydrogens is 228 g/mol. The summed E-state index contributed by atoms with van der Waals surface area (Å²) >= 11 is 0. The maximum atomic E-state index is 11.9. The largest absolute Gasteiger partial charge is 0.393 e. The van der Waals surface area contributed by atoms with E-state index in [1.807, 2.05) is 12.1 Å². The molecule has 2 N–H and O–H groups in total. The smallest absolute Gasteiger partial charge is 0.224 e. The van der Waals surface area contributed by atoms with Crippen molar-refractivity contribution >= 4 is 5.91 Å². The zero-order chi connectivity index (χ0) is 13.0. The first-order valence-electron chi connectivity index (χ1n) is 6.55. The van der Waals surface area contributed by atoms with Crippen LogP contribution in [0, 0.1) is 5.92 Å². The number of nitrogens with zero attached hydrogens (tertiary/aromatic N) is 1. The van der Waals surface area contributed by atoms with Crippen molar-refractivity contribution in [3.8, 4) is 0 Å². The maximum absolute atomic E-state index is 11.9. The molecule has 1 atom stereocenters. The van der Waals surface area contributed by atoms with Gasteiger partial charge in [0, 0.05) is 18.4 Å². The van der Waals surface area contributed by atoms with Crippen molar-refractivity contribution in [2.75, 3.05) is 0 Å². The van der Waals surface area contributed by atoms with E-state index in [1.54, 1.807) is 12.4 Å². The molecule has 1 fully saturated rings. The van der Waals surface area contributed by atoms with E-state index < -0.39 is 0 Å². The van der Waals surface area contributed by atoms with E-state index in [4.69, 9.17) is 0 Å². The summed E-state index contributed by atoms with van der Waals surface area (Å²) in [5.74, 6) is 0.487. The summed E-state index contributed by atoms with van der Waals surface area (Å²) in [5.41, 5.74) is 0.978. The van der Waals surface area contributed by atoms with Crippen molar-refractivity contribution < 1.29 is 9.90 Å². The third-order valence-electron chi connectivity index (χ3n) is 3.62. The molecule has 1 aliphatic rings. The van der Waals surface area contributed by atoms with Crippen LogP contribution in [0.5, 0.6) is 0 Å². The highest BCUT2D eigenvalue weighted by Crippen LogP contribution is 2.31. The molecule has 18 heavy (non-hydrogen) atoms. The summed E-state index contributed by atoms with van der Waals surface area (Å²) in [5, 5.41) is 12.4. The first kappa shape index (κ1) is 13.0. The fourth-order valence-electron chi connectivity index (χ4n) is 2.46. The van der Waals surface area contributed by atoms with Crippen LogP contribution >= 0.6 is 0 Å². The van der Waals surface area contributed by atoms with Crippen molar-refractivity contribution in [2.45, 2.75) is 44.8 Å². The molecule has 1 aromatic rings. The summed E-state index contributed by atoms with van der Waals surface area (Å²) in [4.78, 5) is 15.8. The molecule has 0 aromatic carbocycles. The standard InChI is InChI=1S/C14H20N2O2/c1-2-13(11-8-12(17)9-11)16-14(18)7-10-3-5-15-6-4-10/h3-6,11-13,17H,2,7-9H2,1H3,(H,16,18). The second kappa shape index (κ2) is 5.96. The van der Waals surface area contributed by atoms with E-state index in [-0.39, 0.29) is 18.1 Å². The number of aliphatic hydroxyl groups is 1. The van der Waals surface area contributed by atoms with Gasteiger partial charge in [-0.2, -0.15) is 0 Å². The predicted octanol–water partition coefficient (Wildman–Crippen LogP) is 1.29. The Hall–Kier alpha value is -1.42. The Bertz CT molecular complexity index is 388. The second-order valence-electron chi connectivity index (χ2n) is 5.00. The fraction of sp³-hybridized carbons (Fsp3) is 0.571. The molecule has 0 saturated heterocycles. The van der Waals surface area contributed by atoms with E-state index in [0.29, 0.717) is 12.3 Å². The van der Waals surface area contributed by atoms with Gasteiger partial charge in [0.25, 0.3) is 0 Å². The Kier molecular flexibility index (Phi) is 4.31. The lowest BCUT2D eigenvalue weighted by Crippen LogP contribution is -2.47. The number of aromatic nitrogens is 1. The van der Waals surface area contributed by atoms with Crippen molar-refractivity contribution in [3.05, 3.63) is 30.1 Å². The van der Waals surface area contributed by atoms with Gasteiger partial charge in [-0.05, 0) is 42.9 Å². The van der Waals surface area contributed by atoms with E-state index in [9.17, 15) is 9.90 Å². The number of nitrogens with one attached hydrogen (secondary N) is 1. The Morgan fingerprint density at radius 2 is 2.17 bits per heavy atom. The molecule has 1 aliphatic carbocycles. The molecule has 1 aromatic heterocycles. The van der Waals surface area contributed by atoms with Crippen LogP contribution in [0.2, 0.25) is 0 Å². The minimum atomic E-state index is -0.166. The zero-order valence-electron chi connectivity index (χ0n) is 10.7. The normalized spacial score (nSPS) is 24.1. The van der Waals surface area contributed by atoms with Gasteiger partial charge < -0.3 is 10.4 Å². The Morgan fingerprint density at radius 3 is 2.72 bits per heavy atom. The quantitative estimate of drug-likeness (QED) is 0.825. The van der Waals surface area contributed by atoms with Crippen LogP contribution in [0.3, 0.4) is 0 Å². The van der Waals surface area contributed by atoms with Crippen LogP contribution in [0.4, 0.5) is 0 Å². The molecule has 1 amide bonds. The van der Waals surface area contributed by atoms with E-state index >= 15 is 0 Å². The van der Waals surface area contributed by atoms with Gasteiger partial charge in [-0.1, -0.05) is 6.92 Å². The van der Waals surface area contributed by atoms with Crippen molar-refractivity contribution in [1.82, 2.24) is 10.3 Å².